The number of nitrogens with one attached hydrogen (secondary N) is 1. The molecule has 3 rings (SSSR count). The van der Waals surface area contributed by atoms with Gasteiger partial charge in [-0.1, -0.05) is 36.6 Å². The highest BCUT2D eigenvalue weighted by molar-refractivity contribution is 6.30. The molecular formula is C20H18ClF2NO3. The first-order chi connectivity index (χ1) is 12.9. The number of halogens is 3. The Morgan fingerprint density at radius 2 is 1.74 bits per heavy atom. The van der Waals surface area contributed by atoms with Crippen molar-refractivity contribution in [3.05, 3.63) is 64.7 Å². The van der Waals surface area contributed by atoms with Crippen LogP contribution in [0.5, 0.6) is 0 Å². The molecule has 142 valence electrons. The summed E-state index contributed by atoms with van der Waals surface area (Å²) in [5, 5.41) is 2.77. The standard InChI is InChI=1S/C20H18ClF2NO3/c21-14-5-3-13(4-6-14)20(9-1-2-10-20)19(26)27-12-18(25)24-17-11-15(22)7-8-16(17)23/h3-8,11H,1-2,9-10,12H2,(H,24,25). The van der Waals surface area contributed by atoms with E-state index in [0.29, 0.717) is 17.9 Å². The third-order valence-corrected chi connectivity index (χ3v) is 5.03. The zero-order valence-corrected chi connectivity index (χ0v) is 15.2. The van der Waals surface area contributed by atoms with Gasteiger partial charge in [0.2, 0.25) is 0 Å². The first-order valence-corrected chi connectivity index (χ1v) is 8.97. The second-order valence-electron chi connectivity index (χ2n) is 6.54. The van der Waals surface area contributed by atoms with Crippen LogP contribution in [0.3, 0.4) is 0 Å². The molecule has 4 nitrogen and oxygen atoms in total. The molecule has 0 aromatic heterocycles. The van der Waals surface area contributed by atoms with E-state index in [-0.39, 0.29) is 5.69 Å². The molecule has 0 spiro atoms. The zero-order valence-electron chi connectivity index (χ0n) is 14.4. The molecule has 1 amide bonds. The van der Waals surface area contributed by atoms with E-state index in [9.17, 15) is 18.4 Å². The third-order valence-electron chi connectivity index (χ3n) is 4.78. The summed E-state index contributed by atoms with van der Waals surface area (Å²) in [6.07, 6.45) is 2.98. The SMILES string of the molecule is O=C(COC(=O)C1(c2ccc(Cl)cc2)CCCC1)Nc1cc(F)ccc1F. The highest BCUT2D eigenvalue weighted by Crippen LogP contribution is 2.42. The van der Waals surface area contributed by atoms with E-state index in [1.54, 1.807) is 24.3 Å². The van der Waals surface area contributed by atoms with Gasteiger partial charge in [-0.3, -0.25) is 9.59 Å². The lowest BCUT2D eigenvalue weighted by molar-refractivity contribution is -0.153. The van der Waals surface area contributed by atoms with Gasteiger partial charge in [0.25, 0.3) is 5.91 Å². The van der Waals surface area contributed by atoms with Gasteiger partial charge in [-0.2, -0.15) is 0 Å². The number of hydrogen-bond donors (Lipinski definition) is 1. The van der Waals surface area contributed by atoms with Crippen LogP contribution in [0.25, 0.3) is 0 Å². The van der Waals surface area contributed by atoms with E-state index in [1.807, 2.05) is 0 Å². The number of rotatable bonds is 5. The normalized spacial score (nSPS) is 15.4. The number of esters is 1. The summed E-state index contributed by atoms with van der Waals surface area (Å²) in [5.41, 5.74) is -0.315. The van der Waals surface area contributed by atoms with Crippen molar-refractivity contribution < 1.29 is 23.1 Å². The predicted octanol–water partition coefficient (Wildman–Crippen LogP) is 4.61. The second kappa shape index (κ2) is 8.05. The first-order valence-electron chi connectivity index (χ1n) is 8.59. The number of amides is 1. The Hall–Kier alpha value is -2.47. The van der Waals surface area contributed by atoms with E-state index in [4.69, 9.17) is 16.3 Å². The molecule has 0 saturated heterocycles. The van der Waals surface area contributed by atoms with Gasteiger partial charge >= 0.3 is 5.97 Å². The van der Waals surface area contributed by atoms with E-state index in [0.717, 1.165) is 36.6 Å². The minimum absolute atomic E-state index is 0.302. The van der Waals surface area contributed by atoms with Crippen molar-refractivity contribution in [1.29, 1.82) is 0 Å². The van der Waals surface area contributed by atoms with Crippen LogP contribution in [0.1, 0.15) is 31.2 Å². The largest absolute Gasteiger partial charge is 0.455 e. The van der Waals surface area contributed by atoms with E-state index >= 15 is 0 Å². The fraction of sp³-hybridized carbons (Fsp3) is 0.300. The van der Waals surface area contributed by atoms with Crippen molar-refractivity contribution in [2.75, 3.05) is 11.9 Å². The van der Waals surface area contributed by atoms with E-state index in [2.05, 4.69) is 5.32 Å². The monoisotopic (exact) mass is 393 g/mol. The fourth-order valence-electron chi connectivity index (χ4n) is 3.41. The van der Waals surface area contributed by atoms with Gasteiger partial charge < -0.3 is 10.1 Å². The Labute approximate surface area is 160 Å². The van der Waals surface area contributed by atoms with Crippen LogP contribution in [0.4, 0.5) is 14.5 Å². The van der Waals surface area contributed by atoms with Crippen molar-refractivity contribution in [2.24, 2.45) is 0 Å². The summed E-state index contributed by atoms with van der Waals surface area (Å²) in [4.78, 5) is 24.7. The van der Waals surface area contributed by atoms with Crippen molar-refractivity contribution in [3.8, 4) is 0 Å². The molecule has 1 saturated carbocycles. The summed E-state index contributed by atoms with van der Waals surface area (Å²) in [6, 6.07) is 9.72. The predicted molar refractivity (Wildman–Crippen MR) is 97.5 cm³/mol. The van der Waals surface area contributed by atoms with Crippen LogP contribution in [0.15, 0.2) is 42.5 Å². The molecule has 1 aliphatic carbocycles. The second-order valence-corrected chi connectivity index (χ2v) is 6.98. The summed E-state index contributed by atoms with van der Waals surface area (Å²) < 4.78 is 32.0. The summed E-state index contributed by atoms with van der Waals surface area (Å²) in [6.45, 7) is -0.579. The van der Waals surface area contributed by atoms with Gasteiger partial charge in [-0.15, -0.1) is 0 Å². The van der Waals surface area contributed by atoms with Crippen LogP contribution in [-0.4, -0.2) is 18.5 Å². The van der Waals surface area contributed by atoms with Gasteiger partial charge in [0, 0.05) is 11.1 Å². The first kappa shape index (κ1) is 19.3. The minimum atomic E-state index is -0.811. The lowest BCUT2D eigenvalue weighted by atomic mass is 9.79. The molecule has 0 bridgehead atoms. The number of carbonyl (C=O) groups is 2. The molecular weight excluding hydrogens is 376 g/mol. The van der Waals surface area contributed by atoms with Crippen molar-refractivity contribution in [1.82, 2.24) is 0 Å². The zero-order chi connectivity index (χ0) is 19.4. The number of hydrogen-bond acceptors (Lipinski definition) is 3. The molecule has 7 heteroatoms. The highest BCUT2D eigenvalue weighted by atomic mass is 35.5. The number of benzene rings is 2. The van der Waals surface area contributed by atoms with E-state index in [1.165, 1.54) is 0 Å². The summed E-state index contributed by atoms with van der Waals surface area (Å²) in [5.74, 6) is -2.70. The molecule has 1 fully saturated rings. The Balaban J connectivity index is 1.67. The lowest BCUT2D eigenvalue weighted by Crippen LogP contribution is -2.36. The molecule has 0 unspecified atom stereocenters. The topological polar surface area (TPSA) is 55.4 Å². The molecule has 0 atom stereocenters. The molecule has 2 aromatic carbocycles. The maximum atomic E-state index is 13.6. The molecule has 0 heterocycles. The Kier molecular flexibility index (Phi) is 5.75. The molecule has 0 aliphatic heterocycles. The van der Waals surface area contributed by atoms with Crippen molar-refractivity contribution >= 4 is 29.2 Å². The Morgan fingerprint density at radius 3 is 2.41 bits per heavy atom. The third kappa shape index (κ3) is 4.27. The number of ether oxygens (including phenoxy) is 1. The van der Waals surface area contributed by atoms with Crippen LogP contribution in [-0.2, 0) is 19.7 Å². The van der Waals surface area contributed by atoms with Gasteiger partial charge in [-0.05, 0) is 42.7 Å². The smallest absolute Gasteiger partial charge is 0.317 e. The molecule has 1 aliphatic rings. The molecule has 2 aromatic rings. The Morgan fingerprint density at radius 1 is 1.07 bits per heavy atom. The van der Waals surface area contributed by atoms with Crippen LogP contribution in [0, 0.1) is 11.6 Å². The number of anilines is 1. The van der Waals surface area contributed by atoms with Gasteiger partial charge in [0.1, 0.15) is 11.6 Å². The van der Waals surface area contributed by atoms with Crippen molar-refractivity contribution in [2.45, 2.75) is 31.1 Å². The Bertz CT molecular complexity index is 849. The average molecular weight is 394 g/mol. The highest BCUT2D eigenvalue weighted by Gasteiger charge is 2.44. The molecule has 1 N–H and O–H groups in total. The van der Waals surface area contributed by atoms with Crippen LogP contribution in [0.2, 0.25) is 5.02 Å². The maximum Gasteiger partial charge on any atom is 0.317 e. The summed E-state index contributed by atoms with van der Waals surface area (Å²) in [7, 11) is 0. The number of carbonyl (C=O) groups excluding carboxylic acids is 2. The fourth-order valence-corrected chi connectivity index (χ4v) is 3.53. The lowest BCUT2D eigenvalue weighted by Gasteiger charge is -2.27. The van der Waals surface area contributed by atoms with E-state index < -0.39 is 35.5 Å². The van der Waals surface area contributed by atoms with Crippen LogP contribution < -0.4 is 5.32 Å². The summed E-state index contributed by atoms with van der Waals surface area (Å²) >= 11 is 5.92. The van der Waals surface area contributed by atoms with Crippen molar-refractivity contribution in [3.63, 3.8) is 0 Å². The van der Waals surface area contributed by atoms with Crippen LogP contribution >= 0.6 is 11.6 Å². The van der Waals surface area contributed by atoms with Gasteiger partial charge in [-0.25, -0.2) is 8.78 Å². The maximum absolute atomic E-state index is 13.6. The molecule has 27 heavy (non-hydrogen) atoms. The van der Waals surface area contributed by atoms with Gasteiger partial charge in [0.05, 0.1) is 11.1 Å². The quantitative estimate of drug-likeness (QED) is 0.754. The minimum Gasteiger partial charge on any atom is -0.455 e. The molecule has 0 radical (unpaired) electrons. The average Bonchev–Trinajstić information content (AvgIpc) is 3.14. The van der Waals surface area contributed by atoms with Gasteiger partial charge in [0.15, 0.2) is 6.61 Å².